The van der Waals surface area contributed by atoms with Crippen molar-refractivity contribution in [1.29, 1.82) is 0 Å². The minimum atomic E-state index is -4.11. The van der Waals surface area contributed by atoms with Gasteiger partial charge in [-0.25, -0.2) is 0 Å². The number of rotatable bonds is 6. The average molecular weight is 413 g/mol. The molecule has 3 rings (SSSR count). The molecule has 2 aromatic carbocycles. The number of primary amides is 1. The van der Waals surface area contributed by atoms with Gasteiger partial charge in [0.2, 0.25) is 10.9 Å². The predicted molar refractivity (Wildman–Crippen MR) is 108 cm³/mol. The van der Waals surface area contributed by atoms with Gasteiger partial charge in [-0.3, -0.25) is 19.4 Å². The van der Waals surface area contributed by atoms with Gasteiger partial charge in [0.1, 0.15) is 5.56 Å². The van der Waals surface area contributed by atoms with E-state index < -0.39 is 26.9 Å². The van der Waals surface area contributed by atoms with E-state index in [2.05, 4.69) is 20.2 Å². The van der Waals surface area contributed by atoms with Gasteiger partial charge in [0.15, 0.2) is 0 Å². The minimum absolute atomic E-state index is 0.108. The summed E-state index contributed by atoms with van der Waals surface area (Å²) in [6, 6.07) is 12.7. The van der Waals surface area contributed by atoms with Gasteiger partial charge in [-0.1, -0.05) is 17.7 Å². The molecular formula is C19H19N5O4S. The van der Waals surface area contributed by atoms with Crippen LogP contribution in [0, 0.1) is 13.8 Å². The van der Waals surface area contributed by atoms with Crippen LogP contribution in [0.2, 0.25) is 0 Å². The molecule has 0 unspecified atom stereocenters. The van der Waals surface area contributed by atoms with Crippen LogP contribution in [-0.4, -0.2) is 30.4 Å². The first-order chi connectivity index (χ1) is 13.7. The molecule has 0 aliphatic carbocycles. The summed E-state index contributed by atoms with van der Waals surface area (Å²) in [6.45, 7) is 3.43. The Kier molecular flexibility index (Phi) is 5.37. The largest absolute Gasteiger partial charge is 0.366 e. The Balaban J connectivity index is 1.87. The second-order valence-corrected chi connectivity index (χ2v) is 7.99. The zero-order chi connectivity index (χ0) is 21.2. The first kappa shape index (κ1) is 20.1. The molecule has 0 radical (unpaired) electrons. The van der Waals surface area contributed by atoms with Crippen LogP contribution in [0.5, 0.6) is 0 Å². The quantitative estimate of drug-likeness (QED) is 0.489. The first-order valence-electron chi connectivity index (χ1n) is 8.53. The van der Waals surface area contributed by atoms with Crippen LogP contribution in [-0.2, 0) is 10.0 Å². The maximum Gasteiger partial charge on any atom is 0.282 e. The molecule has 0 atom stereocenters. The molecule has 2 amide bonds. The summed E-state index contributed by atoms with van der Waals surface area (Å²) in [7, 11) is -4.11. The summed E-state index contributed by atoms with van der Waals surface area (Å²) < 4.78 is 28.0. The third-order valence-electron chi connectivity index (χ3n) is 4.13. The Morgan fingerprint density at radius 2 is 1.55 bits per heavy atom. The number of hydrogen-bond acceptors (Lipinski definition) is 5. The molecule has 5 N–H and O–H groups in total. The number of amides is 2. The number of hydrogen-bond donors (Lipinski definition) is 4. The third kappa shape index (κ3) is 4.43. The fraction of sp³-hybridized carbons (Fsp3) is 0.105. The highest BCUT2D eigenvalue weighted by atomic mass is 32.2. The number of nitrogens with two attached hydrogens (primary N) is 1. The van der Waals surface area contributed by atoms with Crippen molar-refractivity contribution < 1.29 is 18.0 Å². The molecule has 0 fully saturated rings. The molecular weight excluding hydrogens is 394 g/mol. The lowest BCUT2D eigenvalue weighted by atomic mass is 10.2. The number of anilines is 2. The fourth-order valence-corrected chi connectivity index (χ4v) is 3.83. The van der Waals surface area contributed by atoms with Gasteiger partial charge >= 0.3 is 0 Å². The van der Waals surface area contributed by atoms with Gasteiger partial charge < -0.3 is 11.1 Å². The minimum Gasteiger partial charge on any atom is -0.366 e. The summed E-state index contributed by atoms with van der Waals surface area (Å²) in [4.78, 5) is 23.9. The maximum atomic E-state index is 12.8. The van der Waals surface area contributed by atoms with Gasteiger partial charge in [-0.2, -0.15) is 13.5 Å². The van der Waals surface area contributed by atoms with Crippen LogP contribution in [0.25, 0.3) is 0 Å². The third-order valence-corrected chi connectivity index (χ3v) is 5.44. The molecule has 0 saturated heterocycles. The standard InChI is InChI=1S/C19H19N5O4S/c1-11-3-7-15(8-4-11)24-29(27,28)19-16(12(2)22-23-19)18(26)21-14-9-5-13(6-10-14)17(20)25/h3-10,24H,1-2H3,(H2,20,25)(H,21,26)(H,22,23). The van der Waals surface area contributed by atoms with Gasteiger partial charge in [0.25, 0.3) is 15.9 Å². The van der Waals surface area contributed by atoms with Crippen LogP contribution in [0.15, 0.2) is 53.6 Å². The van der Waals surface area contributed by atoms with Crippen molar-refractivity contribution in [1.82, 2.24) is 10.2 Å². The Bertz CT molecular complexity index is 1170. The van der Waals surface area contributed by atoms with E-state index in [0.29, 0.717) is 17.1 Å². The molecule has 1 heterocycles. The van der Waals surface area contributed by atoms with Crippen molar-refractivity contribution in [3.05, 3.63) is 70.9 Å². The average Bonchev–Trinajstić information content (AvgIpc) is 3.06. The summed E-state index contributed by atoms with van der Waals surface area (Å²) in [6.07, 6.45) is 0. The van der Waals surface area contributed by atoms with E-state index in [1.165, 1.54) is 24.3 Å². The zero-order valence-electron chi connectivity index (χ0n) is 15.7. The second-order valence-electron chi connectivity index (χ2n) is 6.40. The number of aryl methyl sites for hydroxylation is 2. The molecule has 0 bridgehead atoms. The van der Waals surface area contributed by atoms with Gasteiger partial charge in [0, 0.05) is 22.6 Å². The number of sulfonamides is 1. The first-order valence-corrected chi connectivity index (χ1v) is 10.0. The number of H-pyrrole nitrogens is 1. The number of nitrogens with zero attached hydrogens (tertiary/aromatic N) is 1. The number of aromatic nitrogens is 2. The maximum absolute atomic E-state index is 12.8. The van der Waals surface area contributed by atoms with Crippen LogP contribution < -0.4 is 15.8 Å². The normalized spacial score (nSPS) is 11.1. The van der Waals surface area contributed by atoms with Gasteiger partial charge in [0.05, 0.1) is 0 Å². The molecule has 150 valence electrons. The van der Waals surface area contributed by atoms with Crippen LogP contribution in [0.4, 0.5) is 11.4 Å². The lowest BCUT2D eigenvalue weighted by molar-refractivity contribution is 0.0998. The molecule has 10 heteroatoms. The van der Waals surface area contributed by atoms with E-state index in [0.717, 1.165) is 5.56 Å². The molecule has 9 nitrogen and oxygen atoms in total. The molecule has 0 aliphatic rings. The highest BCUT2D eigenvalue weighted by molar-refractivity contribution is 7.92. The van der Waals surface area contributed by atoms with Crippen LogP contribution >= 0.6 is 0 Å². The van der Waals surface area contributed by atoms with Crippen molar-refractivity contribution in [2.24, 2.45) is 5.73 Å². The zero-order valence-corrected chi connectivity index (χ0v) is 16.5. The van der Waals surface area contributed by atoms with Crippen LogP contribution in [0.1, 0.15) is 32.0 Å². The van der Waals surface area contributed by atoms with Crippen molar-refractivity contribution in [2.75, 3.05) is 10.0 Å². The highest BCUT2D eigenvalue weighted by Crippen LogP contribution is 2.22. The molecule has 29 heavy (non-hydrogen) atoms. The summed E-state index contributed by atoms with van der Waals surface area (Å²) >= 11 is 0. The van der Waals surface area contributed by atoms with Crippen molar-refractivity contribution >= 4 is 33.2 Å². The lowest BCUT2D eigenvalue weighted by Crippen LogP contribution is -2.20. The molecule has 0 saturated carbocycles. The Morgan fingerprint density at radius 1 is 0.966 bits per heavy atom. The highest BCUT2D eigenvalue weighted by Gasteiger charge is 2.28. The van der Waals surface area contributed by atoms with E-state index >= 15 is 0 Å². The number of carbonyl (C=O) groups is 2. The van der Waals surface area contributed by atoms with Crippen molar-refractivity contribution in [3.63, 3.8) is 0 Å². The van der Waals surface area contributed by atoms with Crippen molar-refractivity contribution in [2.45, 2.75) is 18.9 Å². The summed E-state index contributed by atoms with van der Waals surface area (Å²) in [5.41, 5.74) is 7.36. The van der Waals surface area contributed by atoms with E-state index in [-0.39, 0.29) is 11.1 Å². The Labute approximate surface area is 167 Å². The lowest BCUT2D eigenvalue weighted by Gasteiger charge is -2.09. The monoisotopic (exact) mass is 413 g/mol. The van der Waals surface area contributed by atoms with Gasteiger partial charge in [-0.05, 0) is 50.2 Å². The SMILES string of the molecule is Cc1ccc(NS(=O)(=O)c2n[nH]c(C)c2C(=O)Nc2ccc(C(N)=O)cc2)cc1. The molecule has 0 spiro atoms. The van der Waals surface area contributed by atoms with Crippen molar-refractivity contribution in [3.8, 4) is 0 Å². The Morgan fingerprint density at radius 3 is 2.14 bits per heavy atom. The smallest absolute Gasteiger partial charge is 0.282 e. The number of carbonyl (C=O) groups excluding carboxylic acids is 2. The summed E-state index contributed by atoms with van der Waals surface area (Å²) in [5.74, 6) is -1.25. The van der Waals surface area contributed by atoms with Crippen LogP contribution in [0.3, 0.4) is 0 Å². The predicted octanol–water partition coefficient (Wildman–Crippen LogP) is 2.18. The van der Waals surface area contributed by atoms with E-state index in [9.17, 15) is 18.0 Å². The topological polar surface area (TPSA) is 147 Å². The number of benzene rings is 2. The second kappa shape index (κ2) is 7.76. The van der Waals surface area contributed by atoms with E-state index in [1.807, 2.05) is 6.92 Å². The molecule has 3 aromatic rings. The van der Waals surface area contributed by atoms with E-state index in [4.69, 9.17) is 5.73 Å². The fourth-order valence-electron chi connectivity index (χ4n) is 2.61. The molecule has 0 aliphatic heterocycles. The Hall–Kier alpha value is -3.66. The van der Waals surface area contributed by atoms with Gasteiger partial charge in [-0.15, -0.1) is 0 Å². The number of aromatic amines is 1. The molecule has 1 aromatic heterocycles. The summed E-state index contributed by atoms with van der Waals surface area (Å²) in [5, 5.41) is 8.52. The van der Waals surface area contributed by atoms with E-state index in [1.54, 1.807) is 31.2 Å². The number of nitrogens with one attached hydrogen (secondary N) is 3.